The second-order valence-electron chi connectivity index (χ2n) is 7.15. The van der Waals surface area contributed by atoms with Crippen LogP contribution in [0.15, 0.2) is 48.7 Å². The van der Waals surface area contributed by atoms with Crippen LogP contribution < -0.4 is 10.2 Å². The summed E-state index contributed by atoms with van der Waals surface area (Å²) in [6.07, 6.45) is 3.40. The Labute approximate surface area is 158 Å². The van der Waals surface area contributed by atoms with Gasteiger partial charge in [0, 0.05) is 41.6 Å². The number of H-pyrrole nitrogens is 1. The van der Waals surface area contributed by atoms with Gasteiger partial charge in [0.15, 0.2) is 0 Å². The summed E-state index contributed by atoms with van der Waals surface area (Å²) in [6, 6.07) is 12.6. The van der Waals surface area contributed by atoms with Crippen LogP contribution >= 0.6 is 0 Å². The monoisotopic (exact) mass is 365 g/mol. The van der Waals surface area contributed by atoms with Crippen molar-refractivity contribution in [1.29, 1.82) is 0 Å². The topological polar surface area (TPSA) is 48.1 Å². The van der Waals surface area contributed by atoms with Crippen molar-refractivity contribution in [3.05, 3.63) is 60.0 Å². The van der Waals surface area contributed by atoms with Crippen molar-refractivity contribution in [2.45, 2.75) is 32.1 Å². The standard InChI is InChI=1S/C22H24FN3O/c1-3-26(4-2)17-8-6-16(7-9-17)25-21(27)22(11-12-22)19-14-24-20-10-5-15(23)13-18(19)20/h5-10,13-14,24H,3-4,11-12H2,1-2H3,(H,25,27). The third kappa shape index (κ3) is 3.07. The minimum absolute atomic E-state index is 0.0248. The number of fused-ring (bicyclic) bond motifs is 1. The molecule has 3 aromatic rings. The predicted octanol–water partition coefficient (Wildman–Crippen LogP) is 4.82. The average Bonchev–Trinajstić information content (AvgIpc) is 3.38. The Morgan fingerprint density at radius 2 is 1.85 bits per heavy atom. The fraction of sp³-hybridized carbons (Fsp3) is 0.318. The Balaban J connectivity index is 1.56. The summed E-state index contributed by atoms with van der Waals surface area (Å²) in [7, 11) is 0. The molecule has 0 aliphatic heterocycles. The number of aromatic nitrogens is 1. The molecule has 1 aliphatic carbocycles. The van der Waals surface area contributed by atoms with Gasteiger partial charge in [-0.2, -0.15) is 0 Å². The van der Waals surface area contributed by atoms with Gasteiger partial charge in [-0.1, -0.05) is 0 Å². The highest BCUT2D eigenvalue weighted by molar-refractivity contribution is 6.04. The van der Waals surface area contributed by atoms with Gasteiger partial charge in [0.25, 0.3) is 0 Å². The van der Waals surface area contributed by atoms with Crippen LogP contribution in [0.25, 0.3) is 10.9 Å². The molecule has 4 nitrogen and oxygen atoms in total. The van der Waals surface area contributed by atoms with Gasteiger partial charge >= 0.3 is 0 Å². The largest absolute Gasteiger partial charge is 0.372 e. The highest BCUT2D eigenvalue weighted by atomic mass is 19.1. The number of benzene rings is 2. The summed E-state index contributed by atoms with van der Waals surface area (Å²) < 4.78 is 13.7. The first kappa shape index (κ1) is 17.6. The van der Waals surface area contributed by atoms with Gasteiger partial charge in [0.05, 0.1) is 5.41 Å². The van der Waals surface area contributed by atoms with Gasteiger partial charge in [-0.25, -0.2) is 4.39 Å². The number of nitrogens with one attached hydrogen (secondary N) is 2. The van der Waals surface area contributed by atoms with E-state index in [9.17, 15) is 9.18 Å². The number of aromatic amines is 1. The molecule has 140 valence electrons. The normalized spacial score (nSPS) is 14.9. The summed E-state index contributed by atoms with van der Waals surface area (Å²) in [5.41, 5.74) is 3.10. The van der Waals surface area contributed by atoms with Crippen molar-refractivity contribution in [1.82, 2.24) is 4.98 Å². The van der Waals surface area contributed by atoms with E-state index in [4.69, 9.17) is 0 Å². The lowest BCUT2D eigenvalue weighted by molar-refractivity contribution is -0.118. The zero-order valence-corrected chi connectivity index (χ0v) is 15.7. The molecule has 1 amide bonds. The van der Waals surface area contributed by atoms with Crippen LogP contribution in [0.2, 0.25) is 0 Å². The van der Waals surface area contributed by atoms with E-state index < -0.39 is 5.41 Å². The molecular weight excluding hydrogens is 341 g/mol. The molecule has 1 aliphatic rings. The van der Waals surface area contributed by atoms with Crippen molar-refractivity contribution in [2.24, 2.45) is 0 Å². The lowest BCUT2D eigenvalue weighted by Gasteiger charge is -2.21. The molecule has 5 heteroatoms. The van der Waals surface area contributed by atoms with Crippen LogP contribution in [-0.4, -0.2) is 24.0 Å². The maximum atomic E-state index is 13.7. The van der Waals surface area contributed by atoms with E-state index in [1.165, 1.54) is 12.1 Å². The summed E-state index contributed by atoms with van der Waals surface area (Å²) >= 11 is 0. The summed E-state index contributed by atoms with van der Waals surface area (Å²) in [4.78, 5) is 18.4. The lowest BCUT2D eigenvalue weighted by atomic mass is 9.94. The first-order valence-corrected chi connectivity index (χ1v) is 9.51. The van der Waals surface area contributed by atoms with Gasteiger partial charge < -0.3 is 15.2 Å². The molecule has 0 atom stereocenters. The first-order chi connectivity index (χ1) is 13.1. The third-order valence-electron chi connectivity index (χ3n) is 5.60. The maximum absolute atomic E-state index is 13.7. The predicted molar refractivity (Wildman–Crippen MR) is 108 cm³/mol. The molecule has 0 saturated heterocycles. The number of amides is 1. The molecule has 2 N–H and O–H groups in total. The van der Waals surface area contributed by atoms with E-state index in [2.05, 4.69) is 29.0 Å². The van der Waals surface area contributed by atoms with Crippen LogP contribution in [0.3, 0.4) is 0 Å². The number of hydrogen-bond acceptors (Lipinski definition) is 2. The van der Waals surface area contributed by atoms with Crippen LogP contribution in [0.5, 0.6) is 0 Å². The molecular formula is C22H24FN3O. The maximum Gasteiger partial charge on any atom is 0.235 e. The van der Waals surface area contributed by atoms with E-state index in [0.29, 0.717) is 0 Å². The quantitative estimate of drug-likeness (QED) is 0.658. The molecule has 1 saturated carbocycles. The third-order valence-corrected chi connectivity index (χ3v) is 5.60. The van der Waals surface area contributed by atoms with Crippen LogP contribution in [0.4, 0.5) is 15.8 Å². The molecule has 1 fully saturated rings. The fourth-order valence-electron chi connectivity index (χ4n) is 3.83. The zero-order valence-electron chi connectivity index (χ0n) is 15.7. The Morgan fingerprint density at radius 1 is 1.15 bits per heavy atom. The number of halogens is 1. The van der Waals surface area contributed by atoms with E-state index in [1.807, 2.05) is 30.5 Å². The van der Waals surface area contributed by atoms with Gasteiger partial charge in [-0.15, -0.1) is 0 Å². The minimum atomic E-state index is -0.566. The molecule has 1 heterocycles. The van der Waals surface area contributed by atoms with Crippen molar-refractivity contribution in [3.63, 3.8) is 0 Å². The highest BCUT2D eigenvalue weighted by Gasteiger charge is 2.52. The second-order valence-corrected chi connectivity index (χ2v) is 7.15. The summed E-state index contributed by atoms with van der Waals surface area (Å²) in [5.74, 6) is -0.310. The van der Waals surface area contributed by atoms with Gasteiger partial charge in [0.2, 0.25) is 5.91 Å². The molecule has 4 rings (SSSR count). The Hall–Kier alpha value is -2.82. The number of rotatable bonds is 6. The number of carbonyl (C=O) groups is 1. The minimum Gasteiger partial charge on any atom is -0.372 e. The van der Waals surface area contributed by atoms with Crippen molar-refractivity contribution in [2.75, 3.05) is 23.3 Å². The smallest absolute Gasteiger partial charge is 0.235 e. The number of anilines is 2. The highest BCUT2D eigenvalue weighted by Crippen LogP contribution is 2.51. The van der Waals surface area contributed by atoms with Crippen LogP contribution in [0.1, 0.15) is 32.3 Å². The Morgan fingerprint density at radius 3 is 2.48 bits per heavy atom. The number of nitrogens with zero attached hydrogens (tertiary/aromatic N) is 1. The summed E-state index contributed by atoms with van der Waals surface area (Å²) in [5, 5.41) is 3.84. The van der Waals surface area contributed by atoms with Crippen molar-refractivity contribution in [3.8, 4) is 0 Å². The van der Waals surface area contributed by atoms with Gasteiger partial charge in [-0.05, 0) is 74.7 Å². The van der Waals surface area contributed by atoms with E-state index >= 15 is 0 Å². The van der Waals surface area contributed by atoms with Crippen LogP contribution in [0, 0.1) is 5.82 Å². The SMILES string of the molecule is CCN(CC)c1ccc(NC(=O)C2(c3c[nH]c4ccc(F)cc34)CC2)cc1. The van der Waals surface area contributed by atoms with E-state index in [0.717, 1.165) is 53.8 Å². The van der Waals surface area contributed by atoms with E-state index in [-0.39, 0.29) is 11.7 Å². The molecule has 0 unspecified atom stereocenters. The van der Waals surface area contributed by atoms with Crippen molar-refractivity contribution >= 4 is 28.2 Å². The molecule has 27 heavy (non-hydrogen) atoms. The van der Waals surface area contributed by atoms with Gasteiger partial charge in [0.1, 0.15) is 5.82 Å². The molecule has 0 radical (unpaired) electrons. The van der Waals surface area contributed by atoms with Gasteiger partial charge in [-0.3, -0.25) is 4.79 Å². The fourth-order valence-corrected chi connectivity index (χ4v) is 3.83. The van der Waals surface area contributed by atoms with E-state index in [1.54, 1.807) is 6.07 Å². The summed E-state index contributed by atoms with van der Waals surface area (Å²) in [6.45, 7) is 6.14. The lowest BCUT2D eigenvalue weighted by Crippen LogP contribution is -2.27. The molecule has 0 bridgehead atoms. The first-order valence-electron chi connectivity index (χ1n) is 9.51. The second kappa shape index (κ2) is 6.72. The average molecular weight is 365 g/mol. The Bertz CT molecular complexity index is 969. The van der Waals surface area contributed by atoms with Crippen molar-refractivity contribution < 1.29 is 9.18 Å². The molecule has 0 spiro atoms. The zero-order chi connectivity index (χ0) is 19.0. The number of hydrogen-bond donors (Lipinski definition) is 2. The number of carbonyl (C=O) groups excluding carboxylic acids is 1. The van der Waals surface area contributed by atoms with Crippen LogP contribution in [-0.2, 0) is 10.2 Å². The molecule has 2 aromatic carbocycles. The Kier molecular flexibility index (Phi) is 4.38. The molecule has 1 aromatic heterocycles.